The number of amides is 1. The van der Waals surface area contributed by atoms with E-state index in [-0.39, 0.29) is 6.10 Å². The number of carbonyl (C=O) groups excluding carboxylic acids is 1. The molecular weight excluding hydrogens is 330 g/mol. The van der Waals surface area contributed by atoms with Gasteiger partial charge in [0, 0.05) is 11.9 Å². The maximum absolute atomic E-state index is 12.0. The highest BCUT2D eigenvalue weighted by atomic mass is 32.2. The molecule has 0 aliphatic heterocycles. The summed E-state index contributed by atoms with van der Waals surface area (Å²) >= 11 is 0. The zero-order valence-electron chi connectivity index (χ0n) is 13.4. The van der Waals surface area contributed by atoms with Crippen molar-refractivity contribution in [2.24, 2.45) is 0 Å². The average molecular weight is 349 g/mol. The number of anilines is 2. The van der Waals surface area contributed by atoms with Crippen LogP contribution >= 0.6 is 0 Å². The number of hydrogen-bond acceptors (Lipinski definition) is 5. The third kappa shape index (κ3) is 5.88. The molecule has 1 heterocycles. The van der Waals surface area contributed by atoms with Crippen molar-refractivity contribution in [1.29, 1.82) is 0 Å². The summed E-state index contributed by atoms with van der Waals surface area (Å²) in [5.74, 6) is -0.428. The molecule has 2 N–H and O–H groups in total. The van der Waals surface area contributed by atoms with E-state index < -0.39 is 21.7 Å². The summed E-state index contributed by atoms with van der Waals surface area (Å²) in [5.41, 5.74) is 0.358. The van der Waals surface area contributed by atoms with Crippen LogP contribution in [0.5, 0.6) is 5.75 Å². The van der Waals surface area contributed by atoms with E-state index in [0.717, 1.165) is 0 Å². The molecule has 1 aromatic heterocycles. The van der Waals surface area contributed by atoms with Crippen molar-refractivity contribution in [3.63, 3.8) is 0 Å². The Morgan fingerprint density at radius 3 is 2.46 bits per heavy atom. The number of hydrogen-bond donors (Lipinski definition) is 2. The summed E-state index contributed by atoms with van der Waals surface area (Å²) < 4.78 is 31.9. The van der Waals surface area contributed by atoms with Gasteiger partial charge in [-0.25, -0.2) is 13.4 Å². The number of pyridine rings is 1. The Balaban J connectivity index is 1.94. The quantitative estimate of drug-likeness (QED) is 0.799. The lowest BCUT2D eigenvalue weighted by Gasteiger charge is -2.11. The first kappa shape index (κ1) is 17.7. The molecule has 0 aliphatic carbocycles. The predicted octanol–water partition coefficient (Wildman–Crippen LogP) is 2.25. The molecule has 0 atom stereocenters. The van der Waals surface area contributed by atoms with Crippen LogP contribution < -0.4 is 14.8 Å². The van der Waals surface area contributed by atoms with Crippen LogP contribution in [0.4, 0.5) is 11.5 Å². The van der Waals surface area contributed by atoms with Crippen LogP contribution in [0.2, 0.25) is 0 Å². The number of ether oxygens (including phenoxy) is 1. The van der Waals surface area contributed by atoms with E-state index in [0.29, 0.717) is 17.3 Å². The Morgan fingerprint density at radius 1 is 1.17 bits per heavy atom. The van der Waals surface area contributed by atoms with E-state index in [1.807, 2.05) is 13.8 Å². The molecule has 0 fully saturated rings. The number of nitrogens with zero attached hydrogens (tertiary/aromatic N) is 1. The fourth-order valence-electron chi connectivity index (χ4n) is 1.88. The second-order valence-corrected chi connectivity index (χ2v) is 7.04. The van der Waals surface area contributed by atoms with E-state index in [2.05, 4.69) is 15.0 Å². The van der Waals surface area contributed by atoms with Gasteiger partial charge in [0.25, 0.3) is 0 Å². The van der Waals surface area contributed by atoms with Crippen LogP contribution in [0.3, 0.4) is 0 Å². The number of sulfonamides is 1. The topological polar surface area (TPSA) is 97.4 Å². The second-order valence-electron chi connectivity index (χ2n) is 5.32. The Labute approximate surface area is 141 Å². The van der Waals surface area contributed by atoms with E-state index in [4.69, 9.17) is 4.74 Å². The fourth-order valence-corrected chi connectivity index (χ4v) is 2.86. The summed E-state index contributed by atoms with van der Waals surface area (Å²) in [5, 5.41) is 2.43. The van der Waals surface area contributed by atoms with Gasteiger partial charge in [-0.05, 0) is 50.2 Å². The molecular formula is C16H19N3O4S. The summed E-state index contributed by atoms with van der Waals surface area (Å²) in [4.78, 5) is 15.7. The van der Waals surface area contributed by atoms with Gasteiger partial charge in [0.05, 0.1) is 6.10 Å². The molecule has 0 aliphatic rings. The first-order valence-electron chi connectivity index (χ1n) is 7.32. The third-order valence-electron chi connectivity index (χ3n) is 2.75. The number of rotatable bonds is 7. The first-order chi connectivity index (χ1) is 11.3. The minimum absolute atomic E-state index is 0.0304. The lowest BCUT2D eigenvalue weighted by molar-refractivity contribution is -0.113. The Morgan fingerprint density at radius 2 is 1.88 bits per heavy atom. The minimum atomic E-state index is -3.82. The predicted molar refractivity (Wildman–Crippen MR) is 92.5 cm³/mol. The van der Waals surface area contributed by atoms with Gasteiger partial charge in [-0.1, -0.05) is 6.07 Å². The molecule has 0 unspecified atom stereocenters. The van der Waals surface area contributed by atoms with Gasteiger partial charge >= 0.3 is 0 Å². The van der Waals surface area contributed by atoms with Gasteiger partial charge in [-0.3, -0.25) is 9.52 Å². The second kappa shape index (κ2) is 7.78. The molecule has 0 radical (unpaired) electrons. The molecule has 1 aromatic carbocycles. The molecule has 24 heavy (non-hydrogen) atoms. The van der Waals surface area contributed by atoms with Gasteiger partial charge in [-0.15, -0.1) is 0 Å². The molecule has 0 saturated heterocycles. The van der Waals surface area contributed by atoms with E-state index >= 15 is 0 Å². The first-order valence-corrected chi connectivity index (χ1v) is 8.97. The van der Waals surface area contributed by atoms with Crippen LogP contribution in [-0.2, 0) is 14.8 Å². The molecule has 2 aromatic rings. The van der Waals surface area contributed by atoms with Crippen LogP contribution in [0.25, 0.3) is 0 Å². The molecule has 128 valence electrons. The highest BCUT2D eigenvalue weighted by Crippen LogP contribution is 2.18. The number of nitrogens with one attached hydrogen (secondary N) is 2. The number of benzene rings is 1. The SMILES string of the molecule is CC(C)Oc1ccc(NS(=O)(=O)CC(=O)Nc2ccccn2)cc1. The highest BCUT2D eigenvalue weighted by molar-refractivity contribution is 7.93. The summed E-state index contributed by atoms with van der Waals surface area (Å²) in [6, 6.07) is 11.4. The molecule has 7 nitrogen and oxygen atoms in total. The molecule has 2 rings (SSSR count). The lowest BCUT2D eigenvalue weighted by Crippen LogP contribution is -2.27. The summed E-state index contributed by atoms with van der Waals surface area (Å²) in [6.45, 7) is 3.80. The maximum Gasteiger partial charge on any atom is 0.242 e. The molecule has 1 amide bonds. The number of carbonyl (C=O) groups is 1. The van der Waals surface area contributed by atoms with Gasteiger partial charge < -0.3 is 10.1 Å². The zero-order valence-corrected chi connectivity index (χ0v) is 14.2. The largest absolute Gasteiger partial charge is 0.491 e. The Kier molecular flexibility index (Phi) is 5.75. The van der Waals surface area contributed by atoms with Crippen molar-refractivity contribution < 1.29 is 17.9 Å². The van der Waals surface area contributed by atoms with Crippen molar-refractivity contribution >= 4 is 27.4 Å². The third-order valence-corrected chi connectivity index (χ3v) is 3.94. The standard InChI is InChI=1S/C16H19N3O4S/c1-12(2)23-14-8-6-13(7-9-14)19-24(21,22)11-16(20)18-15-5-3-4-10-17-15/h3-10,12,19H,11H2,1-2H3,(H,17,18,20). The fraction of sp³-hybridized carbons (Fsp3) is 0.250. The monoisotopic (exact) mass is 349 g/mol. The molecule has 0 bridgehead atoms. The van der Waals surface area contributed by atoms with Crippen molar-refractivity contribution in [2.45, 2.75) is 20.0 Å². The normalized spacial score (nSPS) is 11.1. The Hall–Kier alpha value is -2.61. The van der Waals surface area contributed by atoms with Crippen molar-refractivity contribution in [3.05, 3.63) is 48.7 Å². The van der Waals surface area contributed by atoms with Crippen LogP contribution in [-0.4, -0.2) is 31.2 Å². The highest BCUT2D eigenvalue weighted by Gasteiger charge is 2.17. The maximum atomic E-state index is 12.0. The lowest BCUT2D eigenvalue weighted by atomic mass is 10.3. The summed E-state index contributed by atoms with van der Waals surface area (Å²) in [7, 11) is -3.82. The van der Waals surface area contributed by atoms with E-state index in [1.165, 1.54) is 6.20 Å². The van der Waals surface area contributed by atoms with E-state index in [9.17, 15) is 13.2 Å². The minimum Gasteiger partial charge on any atom is -0.491 e. The van der Waals surface area contributed by atoms with Crippen molar-refractivity contribution in [1.82, 2.24) is 4.98 Å². The smallest absolute Gasteiger partial charge is 0.242 e. The molecule has 0 saturated carbocycles. The van der Waals surface area contributed by atoms with Gasteiger partial charge in [0.15, 0.2) is 0 Å². The van der Waals surface area contributed by atoms with Gasteiger partial charge in [-0.2, -0.15) is 0 Å². The summed E-state index contributed by atoms with van der Waals surface area (Å²) in [6.07, 6.45) is 1.53. The number of aromatic nitrogens is 1. The average Bonchev–Trinajstić information content (AvgIpc) is 2.48. The van der Waals surface area contributed by atoms with Gasteiger partial charge in [0.2, 0.25) is 15.9 Å². The van der Waals surface area contributed by atoms with E-state index in [1.54, 1.807) is 42.5 Å². The Bertz CT molecular complexity index is 775. The van der Waals surface area contributed by atoms with Crippen LogP contribution in [0, 0.1) is 0 Å². The molecule has 0 spiro atoms. The van der Waals surface area contributed by atoms with Crippen LogP contribution in [0.15, 0.2) is 48.7 Å². The molecule has 8 heteroatoms. The van der Waals surface area contributed by atoms with Crippen molar-refractivity contribution in [2.75, 3.05) is 15.8 Å². The van der Waals surface area contributed by atoms with Crippen molar-refractivity contribution in [3.8, 4) is 5.75 Å². The van der Waals surface area contributed by atoms with Crippen LogP contribution in [0.1, 0.15) is 13.8 Å². The zero-order chi connectivity index (χ0) is 17.6. The van der Waals surface area contributed by atoms with Gasteiger partial charge in [0.1, 0.15) is 17.3 Å².